The Labute approximate surface area is 102 Å². The molecule has 3 rings (SSSR count). The fraction of sp³-hybridized carbons (Fsp3) is 0. The third-order valence-corrected chi connectivity index (χ3v) is 2.73. The number of nitrogens with zero attached hydrogens (tertiary/aromatic N) is 2. The molecular weight excluding hydrogens is 238 g/mol. The molecule has 84 valence electrons. The van der Waals surface area contributed by atoms with Crippen molar-refractivity contribution in [1.82, 2.24) is 10.2 Å². The highest BCUT2D eigenvalue weighted by Crippen LogP contribution is 2.30. The van der Waals surface area contributed by atoms with Crippen molar-refractivity contribution in [2.75, 3.05) is 5.73 Å². The number of anilines is 1. The summed E-state index contributed by atoms with van der Waals surface area (Å²) in [6.45, 7) is 0. The molecular formula is C12H8ClN3O. The van der Waals surface area contributed by atoms with Gasteiger partial charge in [0, 0.05) is 5.39 Å². The quantitative estimate of drug-likeness (QED) is 0.715. The van der Waals surface area contributed by atoms with Crippen LogP contribution < -0.4 is 5.73 Å². The lowest BCUT2D eigenvalue weighted by Gasteiger charge is -1.94. The summed E-state index contributed by atoms with van der Waals surface area (Å²) in [5.74, 6) is 1.00. The first-order valence-corrected chi connectivity index (χ1v) is 5.39. The number of furan rings is 1. The van der Waals surface area contributed by atoms with E-state index in [0.717, 1.165) is 5.39 Å². The van der Waals surface area contributed by atoms with Gasteiger partial charge in [-0.15, -0.1) is 10.2 Å². The van der Waals surface area contributed by atoms with E-state index in [2.05, 4.69) is 10.2 Å². The molecule has 1 aromatic carbocycles. The number of halogens is 1. The van der Waals surface area contributed by atoms with Gasteiger partial charge in [0.2, 0.25) is 0 Å². The van der Waals surface area contributed by atoms with Crippen LogP contribution in [-0.4, -0.2) is 10.2 Å². The molecule has 0 bridgehead atoms. The van der Waals surface area contributed by atoms with Gasteiger partial charge in [-0.1, -0.05) is 23.7 Å². The Bertz CT molecular complexity index is 676. The van der Waals surface area contributed by atoms with Crippen molar-refractivity contribution in [1.29, 1.82) is 0 Å². The van der Waals surface area contributed by atoms with Gasteiger partial charge in [-0.25, -0.2) is 0 Å². The van der Waals surface area contributed by atoms with Gasteiger partial charge >= 0.3 is 0 Å². The number of aromatic nitrogens is 2. The average molecular weight is 246 g/mol. The zero-order valence-electron chi connectivity index (χ0n) is 8.72. The van der Waals surface area contributed by atoms with E-state index in [4.69, 9.17) is 21.8 Å². The molecule has 0 spiro atoms. The van der Waals surface area contributed by atoms with E-state index in [-0.39, 0.29) is 0 Å². The molecule has 0 saturated carbocycles. The van der Waals surface area contributed by atoms with Crippen LogP contribution in [-0.2, 0) is 0 Å². The summed E-state index contributed by atoms with van der Waals surface area (Å²) in [4.78, 5) is 0. The van der Waals surface area contributed by atoms with E-state index in [9.17, 15) is 0 Å². The van der Waals surface area contributed by atoms with Gasteiger partial charge < -0.3 is 10.2 Å². The predicted molar refractivity (Wildman–Crippen MR) is 66.7 cm³/mol. The van der Waals surface area contributed by atoms with Crippen LogP contribution >= 0.6 is 11.6 Å². The maximum atomic E-state index is 6.03. The van der Waals surface area contributed by atoms with Gasteiger partial charge in [-0.3, -0.25) is 0 Å². The van der Waals surface area contributed by atoms with Gasteiger partial charge in [0.1, 0.15) is 11.5 Å². The van der Waals surface area contributed by atoms with Crippen LogP contribution in [0.15, 0.2) is 40.8 Å². The Morgan fingerprint density at radius 3 is 2.71 bits per heavy atom. The normalized spacial score (nSPS) is 10.9. The molecule has 0 aliphatic carbocycles. The van der Waals surface area contributed by atoms with Gasteiger partial charge in [-0.2, -0.15) is 0 Å². The highest BCUT2D eigenvalue weighted by Gasteiger charge is 2.09. The Morgan fingerprint density at radius 1 is 1.12 bits per heavy atom. The van der Waals surface area contributed by atoms with Gasteiger partial charge in [0.25, 0.3) is 0 Å². The number of hydrogen-bond acceptors (Lipinski definition) is 4. The lowest BCUT2D eigenvalue weighted by Crippen LogP contribution is -1.92. The van der Waals surface area contributed by atoms with Crippen molar-refractivity contribution < 1.29 is 4.42 Å². The van der Waals surface area contributed by atoms with Crippen molar-refractivity contribution in [3.05, 3.63) is 41.4 Å². The van der Waals surface area contributed by atoms with Crippen molar-refractivity contribution in [2.45, 2.75) is 0 Å². The summed E-state index contributed by atoms with van der Waals surface area (Å²) < 4.78 is 5.65. The molecule has 4 nitrogen and oxygen atoms in total. The summed E-state index contributed by atoms with van der Waals surface area (Å²) in [5.41, 5.74) is 6.76. The molecule has 2 N–H and O–H groups in total. The zero-order valence-corrected chi connectivity index (χ0v) is 9.48. The number of nitrogens with two attached hydrogens (primary N) is 1. The molecule has 17 heavy (non-hydrogen) atoms. The SMILES string of the molecule is Nc1ccc(-c2cc3cccc(Cl)c3o2)nn1. The van der Waals surface area contributed by atoms with Gasteiger partial charge in [0.05, 0.1) is 5.02 Å². The van der Waals surface area contributed by atoms with Gasteiger partial charge in [-0.05, 0) is 24.3 Å². The second kappa shape index (κ2) is 3.75. The van der Waals surface area contributed by atoms with E-state index in [1.54, 1.807) is 18.2 Å². The van der Waals surface area contributed by atoms with Crippen LogP contribution in [0.4, 0.5) is 5.82 Å². The minimum absolute atomic E-state index is 0.378. The molecule has 0 fully saturated rings. The molecule has 2 heterocycles. The van der Waals surface area contributed by atoms with Crippen LogP contribution in [0, 0.1) is 0 Å². The van der Waals surface area contributed by atoms with Crippen molar-refractivity contribution in [3.63, 3.8) is 0 Å². The second-order valence-electron chi connectivity index (χ2n) is 3.61. The third-order valence-electron chi connectivity index (χ3n) is 2.43. The average Bonchev–Trinajstić information content (AvgIpc) is 2.75. The highest BCUT2D eigenvalue weighted by molar-refractivity contribution is 6.34. The third kappa shape index (κ3) is 1.72. The van der Waals surface area contributed by atoms with E-state index in [1.807, 2.05) is 18.2 Å². The maximum Gasteiger partial charge on any atom is 0.155 e. The zero-order chi connectivity index (χ0) is 11.8. The summed E-state index contributed by atoms with van der Waals surface area (Å²) >= 11 is 6.03. The van der Waals surface area contributed by atoms with E-state index < -0.39 is 0 Å². The van der Waals surface area contributed by atoms with Crippen LogP contribution in [0.1, 0.15) is 0 Å². The monoisotopic (exact) mass is 245 g/mol. The first-order valence-electron chi connectivity index (χ1n) is 5.02. The molecule has 0 aliphatic rings. The van der Waals surface area contributed by atoms with Crippen LogP contribution in [0.25, 0.3) is 22.4 Å². The Hall–Kier alpha value is -2.07. The van der Waals surface area contributed by atoms with Gasteiger partial charge in [0.15, 0.2) is 11.3 Å². The van der Waals surface area contributed by atoms with E-state index >= 15 is 0 Å². The molecule has 0 atom stereocenters. The first-order chi connectivity index (χ1) is 8.24. The predicted octanol–water partition coefficient (Wildman–Crippen LogP) is 3.13. The summed E-state index contributed by atoms with van der Waals surface area (Å²) in [6, 6.07) is 10.9. The number of nitrogen functional groups attached to an aromatic ring is 1. The molecule has 0 radical (unpaired) electrons. The minimum atomic E-state index is 0.378. The van der Waals surface area contributed by atoms with E-state index in [1.165, 1.54) is 0 Å². The van der Waals surface area contributed by atoms with Crippen LogP contribution in [0.3, 0.4) is 0 Å². The molecule has 0 amide bonds. The molecule has 3 aromatic rings. The van der Waals surface area contributed by atoms with Crippen molar-refractivity contribution >= 4 is 28.4 Å². The Kier molecular flexibility index (Phi) is 2.23. The summed E-state index contributed by atoms with van der Waals surface area (Å²) in [7, 11) is 0. The number of benzene rings is 1. The number of rotatable bonds is 1. The fourth-order valence-corrected chi connectivity index (χ4v) is 1.85. The molecule has 2 aromatic heterocycles. The number of hydrogen-bond donors (Lipinski definition) is 1. The Balaban J connectivity index is 2.18. The smallest absolute Gasteiger partial charge is 0.155 e. The van der Waals surface area contributed by atoms with Crippen molar-refractivity contribution in [2.24, 2.45) is 0 Å². The highest BCUT2D eigenvalue weighted by atomic mass is 35.5. The summed E-state index contributed by atoms with van der Waals surface area (Å²) in [5, 5.41) is 9.26. The lowest BCUT2D eigenvalue weighted by molar-refractivity contribution is 0.627. The molecule has 0 saturated heterocycles. The van der Waals surface area contributed by atoms with E-state index in [0.29, 0.717) is 27.9 Å². The second-order valence-corrected chi connectivity index (χ2v) is 4.02. The maximum absolute atomic E-state index is 6.03. The van der Waals surface area contributed by atoms with Crippen LogP contribution in [0.5, 0.6) is 0 Å². The summed E-state index contributed by atoms with van der Waals surface area (Å²) in [6.07, 6.45) is 0. The van der Waals surface area contributed by atoms with Crippen LogP contribution in [0.2, 0.25) is 5.02 Å². The molecule has 0 aliphatic heterocycles. The standard InChI is InChI=1S/C12H8ClN3O/c13-8-3-1-2-7-6-10(17-12(7)8)9-4-5-11(14)16-15-9/h1-6H,(H2,14,16). The molecule has 5 heteroatoms. The van der Waals surface area contributed by atoms with Crippen molar-refractivity contribution in [3.8, 4) is 11.5 Å². The first kappa shape index (κ1) is 10.1. The number of para-hydroxylation sites is 1. The topological polar surface area (TPSA) is 64.9 Å². The fourth-order valence-electron chi connectivity index (χ4n) is 1.63. The largest absolute Gasteiger partial charge is 0.453 e. The molecule has 0 unspecified atom stereocenters. The lowest BCUT2D eigenvalue weighted by atomic mass is 10.2. The number of fused-ring (bicyclic) bond motifs is 1. The minimum Gasteiger partial charge on any atom is -0.453 e. The Morgan fingerprint density at radius 2 is 2.00 bits per heavy atom.